The first kappa shape index (κ1) is 30.3. The van der Waals surface area contributed by atoms with Crippen LogP contribution in [0.5, 0.6) is 0 Å². The van der Waals surface area contributed by atoms with E-state index < -0.39 is 47.5 Å². The van der Waals surface area contributed by atoms with Crippen molar-refractivity contribution < 1.29 is 40.8 Å². The van der Waals surface area contributed by atoms with Crippen LogP contribution < -0.4 is 10.6 Å². The topological polar surface area (TPSA) is 79.8 Å². The molecule has 0 aliphatic carbocycles. The number of oxime groups is 1. The van der Waals surface area contributed by atoms with Crippen molar-refractivity contribution in [2.24, 2.45) is 5.16 Å². The van der Waals surface area contributed by atoms with Crippen LogP contribution in [0.3, 0.4) is 0 Å². The van der Waals surface area contributed by atoms with Gasteiger partial charge in [-0.2, -0.15) is 13.2 Å². The van der Waals surface area contributed by atoms with Gasteiger partial charge in [-0.15, -0.1) is 0 Å². The maximum absolute atomic E-state index is 14.5. The Morgan fingerprint density at radius 1 is 0.773 bits per heavy atom. The van der Waals surface area contributed by atoms with Crippen LogP contribution in [0.2, 0.25) is 0 Å². The molecule has 0 radical (unpaired) electrons. The predicted molar refractivity (Wildman–Crippen MR) is 151 cm³/mol. The largest absolute Gasteiger partial charge is 0.435 e. The summed E-state index contributed by atoms with van der Waals surface area (Å²) in [6, 6.07) is 15.1. The molecule has 0 fully saturated rings. The highest BCUT2D eigenvalue weighted by atomic mass is 19.4. The average molecular weight is 612 g/mol. The van der Waals surface area contributed by atoms with Gasteiger partial charge in [0, 0.05) is 28.8 Å². The lowest BCUT2D eigenvalue weighted by atomic mass is 9.84. The summed E-state index contributed by atoms with van der Waals surface area (Å²) in [6.07, 6.45) is -5.54. The third-order valence-electron chi connectivity index (χ3n) is 7.18. The minimum absolute atomic E-state index is 0.00589. The molecular weight excluding hydrogens is 588 g/mol. The van der Waals surface area contributed by atoms with E-state index in [9.17, 15) is 35.9 Å². The molecule has 0 bridgehead atoms. The highest BCUT2D eigenvalue weighted by molar-refractivity contribution is 6.08. The van der Waals surface area contributed by atoms with E-state index in [2.05, 4.69) is 15.8 Å². The van der Waals surface area contributed by atoms with Crippen LogP contribution in [0.1, 0.15) is 49.4 Å². The van der Waals surface area contributed by atoms with E-state index in [1.165, 1.54) is 56.3 Å². The Morgan fingerprint density at radius 3 is 1.91 bits per heavy atom. The van der Waals surface area contributed by atoms with Crippen LogP contribution in [-0.2, 0) is 10.4 Å². The zero-order valence-electron chi connectivity index (χ0n) is 23.2. The van der Waals surface area contributed by atoms with Crippen molar-refractivity contribution in [2.45, 2.75) is 32.0 Å². The molecule has 12 heteroatoms. The summed E-state index contributed by atoms with van der Waals surface area (Å²) in [5.41, 5.74) is -2.30. The number of nitrogens with one attached hydrogen (secondary N) is 2. The molecule has 1 unspecified atom stereocenters. The monoisotopic (exact) mass is 611 g/mol. The number of halogens is 6. The molecule has 1 atom stereocenters. The maximum Gasteiger partial charge on any atom is 0.435 e. The average Bonchev–Trinajstić information content (AvgIpc) is 3.44. The molecule has 226 valence electrons. The summed E-state index contributed by atoms with van der Waals surface area (Å²) in [7, 11) is 0. The second-order valence-electron chi connectivity index (χ2n) is 10.2. The number of anilines is 2. The normalized spacial score (nSPS) is 16.2. The summed E-state index contributed by atoms with van der Waals surface area (Å²) in [4.78, 5) is 30.7. The molecule has 5 rings (SSSR count). The van der Waals surface area contributed by atoms with Crippen molar-refractivity contribution >= 4 is 28.9 Å². The first-order valence-corrected chi connectivity index (χ1v) is 13.1. The molecule has 1 aliphatic heterocycles. The van der Waals surface area contributed by atoms with E-state index in [4.69, 9.17) is 4.84 Å². The molecule has 0 saturated carbocycles. The molecule has 2 amide bonds. The van der Waals surface area contributed by atoms with Crippen LogP contribution in [0.15, 0.2) is 84.0 Å². The van der Waals surface area contributed by atoms with Crippen LogP contribution in [-0.4, -0.2) is 23.7 Å². The lowest BCUT2D eigenvalue weighted by molar-refractivity contribution is -0.275. The van der Waals surface area contributed by atoms with E-state index in [1.807, 2.05) is 0 Å². The van der Waals surface area contributed by atoms with Gasteiger partial charge in [0.1, 0.15) is 17.5 Å². The summed E-state index contributed by atoms with van der Waals surface area (Å²) in [5, 5.41) is 8.66. The van der Waals surface area contributed by atoms with Gasteiger partial charge in [-0.1, -0.05) is 17.3 Å². The number of carbonyl (C=O) groups excluding carboxylic acids is 2. The van der Waals surface area contributed by atoms with E-state index >= 15 is 0 Å². The van der Waals surface area contributed by atoms with Gasteiger partial charge in [0.15, 0.2) is 0 Å². The molecule has 0 saturated heterocycles. The fourth-order valence-electron chi connectivity index (χ4n) is 4.84. The molecule has 1 aliphatic rings. The molecule has 0 aromatic heterocycles. The van der Waals surface area contributed by atoms with Crippen molar-refractivity contribution in [1.82, 2.24) is 0 Å². The van der Waals surface area contributed by atoms with Crippen molar-refractivity contribution in [1.29, 1.82) is 0 Å². The number of hydrogen-bond donors (Lipinski definition) is 2. The van der Waals surface area contributed by atoms with Crippen molar-refractivity contribution in [3.05, 3.63) is 130 Å². The lowest BCUT2D eigenvalue weighted by Crippen LogP contribution is -2.42. The summed E-state index contributed by atoms with van der Waals surface area (Å²) < 4.78 is 84.6. The third-order valence-corrected chi connectivity index (χ3v) is 7.18. The zero-order chi connectivity index (χ0) is 31.8. The first-order valence-electron chi connectivity index (χ1n) is 13.1. The van der Waals surface area contributed by atoms with Gasteiger partial charge in [-0.25, -0.2) is 13.2 Å². The SMILES string of the molecule is Cc1cc(C2(C(F)(F)F)CC(c3ccc(F)cc3)=NO2)cc(C)c1NC(=O)c1ccc(F)c(NC(=O)c2ccc(F)cc2)c1. The van der Waals surface area contributed by atoms with Crippen molar-refractivity contribution in [3.8, 4) is 0 Å². The smallest absolute Gasteiger partial charge is 0.374 e. The highest BCUT2D eigenvalue weighted by Gasteiger charge is 2.62. The number of benzene rings is 4. The molecule has 1 heterocycles. The Hall–Kier alpha value is -5.13. The lowest BCUT2D eigenvalue weighted by Gasteiger charge is -2.30. The maximum atomic E-state index is 14.5. The van der Waals surface area contributed by atoms with E-state index in [0.29, 0.717) is 0 Å². The summed E-state index contributed by atoms with van der Waals surface area (Å²) >= 11 is 0. The minimum atomic E-state index is -4.88. The van der Waals surface area contributed by atoms with E-state index in [0.717, 1.165) is 36.4 Å². The molecule has 44 heavy (non-hydrogen) atoms. The Kier molecular flexibility index (Phi) is 7.94. The van der Waals surface area contributed by atoms with E-state index in [1.54, 1.807) is 0 Å². The van der Waals surface area contributed by atoms with E-state index in [-0.39, 0.29) is 50.5 Å². The number of aryl methyl sites for hydroxylation is 2. The van der Waals surface area contributed by atoms with Gasteiger partial charge in [-0.05, 0) is 97.3 Å². The Bertz CT molecular complexity index is 1760. The number of hydrogen-bond acceptors (Lipinski definition) is 4. The van der Waals surface area contributed by atoms with Crippen molar-refractivity contribution in [3.63, 3.8) is 0 Å². The Labute approximate surface area is 247 Å². The Balaban J connectivity index is 1.38. The first-order chi connectivity index (χ1) is 20.8. The Morgan fingerprint density at radius 2 is 1.32 bits per heavy atom. The molecular formula is C32H23F6N3O3. The molecule has 0 spiro atoms. The number of amides is 2. The second kappa shape index (κ2) is 11.5. The fraction of sp³-hybridized carbons (Fsp3) is 0.156. The van der Waals surface area contributed by atoms with Gasteiger partial charge >= 0.3 is 6.18 Å². The fourth-order valence-corrected chi connectivity index (χ4v) is 4.84. The number of alkyl halides is 3. The number of carbonyl (C=O) groups is 2. The van der Waals surface area contributed by atoms with Crippen molar-refractivity contribution in [2.75, 3.05) is 10.6 Å². The number of nitrogens with zero attached hydrogens (tertiary/aromatic N) is 1. The van der Waals surface area contributed by atoms with Gasteiger partial charge in [-0.3, -0.25) is 9.59 Å². The minimum Gasteiger partial charge on any atom is -0.374 e. The van der Waals surface area contributed by atoms with Gasteiger partial charge in [0.25, 0.3) is 17.4 Å². The second-order valence-corrected chi connectivity index (χ2v) is 10.2. The van der Waals surface area contributed by atoms with Crippen LogP contribution in [0.25, 0.3) is 0 Å². The standard InChI is InChI=1S/C32H23F6N3O3/c1-17-13-22(31(32(36,37)38)16-27(41-44-31)19-3-8-23(33)9-4-19)14-18(2)28(17)40-30(43)21-7-12-25(35)26(15-21)39-29(42)20-5-10-24(34)11-6-20/h3-15H,16H2,1-2H3,(H,39,42)(H,40,43). The van der Waals surface area contributed by atoms with Crippen LogP contribution in [0, 0.1) is 31.3 Å². The zero-order valence-corrected chi connectivity index (χ0v) is 23.2. The van der Waals surface area contributed by atoms with Crippen LogP contribution >= 0.6 is 0 Å². The molecule has 6 nitrogen and oxygen atoms in total. The van der Waals surface area contributed by atoms with Gasteiger partial charge in [0.05, 0.1) is 11.4 Å². The summed E-state index contributed by atoms with van der Waals surface area (Å²) in [6.45, 7) is 3.01. The molecule has 4 aromatic rings. The predicted octanol–water partition coefficient (Wildman–Crippen LogP) is 7.81. The highest BCUT2D eigenvalue weighted by Crippen LogP contribution is 2.49. The molecule has 2 N–H and O–H groups in total. The third kappa shape index (κ3) is 5.87. The van der Waals surface area contributed by atoms with Gasteiger partial charge in [0.2, 0.25) is 0 Å². The molecule has 4 aromatic carbocycles. The quantitative estimate of drug-likeness (QED) is 0.218. The number of rotatable bonds is 6. The van der Waals surface area contributed by atoms with Crippen LogP contribution in [0.4, 0.5) is 37.7 Å². The summed E-state index contributed by atoms with van der Waals surface area (Å²) in [5.74, 6) is -3.39. The van der Waals surface area contributed by atoms with Gasteiger partial charge < -0.3 is 15.5 Å².